The molecular formula is C19H22N2O3. The van der Waals surface area contributed by atoms with Gasteiger partial charge in [-0.2, -0.15) is 0 Å². The van der Waals surface area contributed by atoms with Gasteiger partial charge in [-0.3, -0.25) is 14.5 Å². The Morgan fingerprint density at radius 2 is 1.54 bits per heavy atom. The first-order valence-corrected chi connectivity index (χ1v) is 7.86. The molecule has 0 saturated heterocycles. The van der Waals surface area contributed by atoms with Gasteiger partial charge in [0.2, 0.25) is 5.91 Å². The summed E-state index contributed by atoms with van der Waals surface area (Å²) in [5.74, 6) is -0.920. The van der Waals surface area contributed by atoms with E-state index in [-0.39, 0.29) is 18.9 Å². The SMILES string of the molecule is CN(CCC(=O)O)CC(=O)N(Cc1ccccc1)c1ccccc1. The molecule has 0 aromatic heterocycles. The number of hydrogen-bond donors (Lipinski definition) is 1. The number of anilines is 1. The zero-order valence-corrected chi connectivity index (χ0v) is 13.8. The standard InChI is InChI=1S/C19H22N2O3/c1-20(13-12-19(23)24)15-18(22)21(17-10-6-3-7-11-17)14-16-8-4-2-5-9-16/h2-11H,12-15H2,1H3,(H,23,24). The molecular weight excluding hydrogens is 304 g/mol. The zero-order valence-electron chi connectivity index (χ0n) is 13.8. The Morgan fingerprint density at radius 3 is 2.12 bits per heavy atom. The Bertz CT molecular complexity index is 659. The average molecular weight is 326 g/mol. The number of para-hydroxylation sites is 1. The van der Waals surface area contributed by atoms with Crippen molar-refractivity contribution in [2.45, 2.75) is 13.0 Å². The molecule has 0 atom stereocenters. The predicted molar refractivity (Wildman–Crippen MR) is 93.8 cm³/mol. The Balaban J connectivity index is 2.10. The van der Waals surface area contributed by atoms with Crippen molar-refractivity contribution in [1.82, 2.24) is 4.90 Å². The van der Waals surface area contributed by atoms with Crippen LogP contribution in [0.4, 0.5) is 5.69 Å². The van der Waals surface area contributed by atoms with Crippen LogP contribution in [0.1, 0.15) is 12.0 Å². The van der Waals surface area contributed by atoms with E-state index in [4.69, 9.17) is 5.11 Å². The van der Waals surface area contributed by atoms with Crippen LogP contribution >= 0.6 is 0 Å². The molecule has 24 heavy (non-hydrogen) atoms. The second-order valence-corrected chi connectivity index (χ2v) is 5.68. The lowest BCUT2D eigenvalue weighted by Crippen LogP contribution is -2.39. The summed E-state index contributed by atoms with van der Waals surface area (Å²) in [7, 11) is 1.76. The van der Waals surface area contributed by atoms with Crippen LogP contribution in [0.25, 0.3) is 0 Å². The molecule has 5 nitrogen and oxygen atoms in total. The molecule has 0 saturated carbocycles. The first-order chi connectivity index (χ1) is 11.6. The lowest BCUT2D eigenvalue weighted by molar-refractivity contribution is -0.137. The van der Waals surface area contributed by atoms with Crippen LogP contribution in [0.15, 0.2) is 60.7 Å². The molecule has 0 aliphatic rings. The van der Waals surface area contributed by atoms with E-state index in [1.54, 1.807) is 16.8 Å². The lowest BCUT2D eigenvalue weighted by atomic mass is 10.2. The van der Waals surface area contributed by atoms with Gasteiger partial charge >= 0.3 is 5.97 Å². The van der Waals surface area contributed by atoms with Crippen molar-refractivity contribution in [3.63, 3.8) is 0 Å². The third-order valence-electron chi connectivity index (χ3n) is 3.67. The molecule has 0 aliphatic heterocycles. The van der Waals surface area contributed by atoms with Gasteiger partial charge in [0.15, 0.2) is 0 Å². The molecule has 2 aromatic rings. The number of benzene rings is 2. The van der Waals surface area contributed by atoms with E-state index < -0.39 is 5.97 Å². The minimum Gasteiger partial charge on any atom is -0.481 e. The zero-order chi connectivity index (χ0) is 17.4. The van der Waals surface area contributed by atoms with E-state index in [0.717, 1.165) is 11.3 Å². The quantitative estimate of drug-likeness (QED) is 0.810. The van der Waals surface area contributed by atoms with Gasteiger partial charge in [-0.05, 0) is 24.7 Å². The van der Waals surface area contributed by atoms with E-state index in [9.17, 15) is 9.59 Å². The number of rotatable bonds is 8. The van der Waals surface area contributed by atoms with Gasteiger partial charge in [-0.15, -0.1) is 0 Å². The van der Waals surface area contributed by atoms with Gasteiger partial charge in [0.05, 0.1) is 19.5 Å². The van der Waals surface area contributed by atoms with Crippen molar-refractivity contribution in [3.8, 4) is 0 Å². The third kappa shape index (κ3) is 5.52. The molecule has 0 heterocycles. The second kappa shape index (κ2) is 8.84. The smallest absolute Gasteiger partial charge is 0.304 e. The molecule has 126 valence electrons. The Kier molecular flexibility index (Phi) is 6.51. The van der Waals surface area contributed by atoms with Crippen molar-refractivity contribution < 1.29 is 14.7 Å². The molecule has 1 N–H and O–H groups in total. The normalized spacial score (nSPS) is 10.6. The Morgan fingerprint density at radius 1 is 0.958 bits per heavy atom. The van der Waals surface area contributed by atoms with Crippen LogP contribution < -0.4 is 4.90 Å². The summed E-state index contributed by atoms with van der Waals surface area (Å²) in [6, 6.07) is 19.3. The first kappa shape index (κ1) is 17.7. The van der Waals surface area contributed by atoms with Crippen LogP contribution in [-0.4, -0.2) is 42.0 Å². The van der Waals surface area contributed by atoms with E-state index in [2.05, 4.69) is 0 Å². The molecule has 2 aromatic carbocycles. The number of carbonyl (C=O) groups is 2. The summed E-state index contributed by atoms with van der Waals surface area (Å²) in [6.45, 7) is 1.00. The fourth-order valence-corrected chi connectivity index (χ4v) is 2.38. The summed E-state index contributed by atoms with van der Waals surface area (Å²) in [4.78, 5) is 26.9. The van der Waals surface area contributed by atoms with Crippen LogP contribution in [0.2, 0.25) is 0 Å². The number of carbonyl (C=O) groups excluding carboxylic acids is 1. The van der Waals surface area contributed by atoms with Gasteiger partial charge in [0.25, 0.3) is 0 Å². The highest BCUT2D eigenvalue weighted by Crippen LogP contribution is 2.17. The number of nitrogens with zero attached hydrogens (tertiary/aromatic N) is 2. The maximum atomic E-state index is 12.7. The van der Waals surface area contributed by atoms with Gasteiger partial charge in [0.1, 0.15) is 0 Å². The fraction of sp³-hybridized carbons (Fsp3) is 0.263. The highest BCUT2D eigenvalue weighted by molar-refractivity contribution is 5.94. The highest BCUT2D eigenvalue weighted by Gasteiger charge is 2.18. The predicted octanol–water partition coefficient (Wildman–Crippen LogP) is 2.63. The van der Waals surface area contributed by atoms with Crippen LogP contribution in [0, 0.1) is 0 Å². The van der Waals surface area contributed by atoms with Crippen molar-refractivity contribution in [2.24, 2.45) is 0 Å². The summed E-state index contributed by atoms with van der Waals surface area (Å²) in [6.07, 6.45) is 0.0216. The molecule has 0 bridgehead atoms. The summed E-state index contributed by atoms with van der Waals surface area (Å²) < 4.78 is 0. The lowest BCUT2D eigenvalue weighted by Gasteiger charge is -2.25. The van der Waals surface area contributed by atoms with Crippen molar-refractivity contribution in [3.05, 3.63) is 66.2 Å². The molecule has 0 fully saturated rings. The van der Waals surface area contributed by atoms with E-state index in [1.807, 2.05) is 60.7 Å². The molecule has 0 radical (unpaired) electrons. The number of amides is 1. The van der Waals surface area contributed by atoms with Gasteiger partial charge in [0, 0.05) is 12.2 Å². The van der Waals surface area contributed by atoms with Gasteiger partial charge in [-0.1, -0.05) is 48.5 Å². The molecule has 0 aliphatic carbocycles. The minimum absolute atomic E-state index is 0.0216. The van der Waals surface area contributed by atoms with Crippen molar-refractivity contribution in [2.75, 3.05) is 25.0 Å². The summed E-state index contributed by atoms with van der Waals surface area (Å²) in [5, 5.41) is 8.76. The monoisotopic (exact) mass is 326 g/mol. The first-order valence-electron chi connectivity index (χ1n) is 7.86. The average Bonchev–Trinajstić information content (AvgIpc) is 2.59. The maximum Gasteiger partial charge on any atom is 0.304 e. The minimum atomic E-state index is -0.862. The van der Waals surface area contributed by atoms with E-state index in [0.29, 0.717) is 13.1 Å². The van der Waals surface area contributed by atoms with Gasteiger partial charge < -0.3 is 10.0 Å². The Labute approximate surface area is 142 Å². The van der Waals surface area contributed by atoms with E-state index >= 15 is 0 Å². The van der Waals surface area contributed by atoms with Gasteiger partial charge in [-0.25, -0.2) is 0 Å². The Hall–Kier alpha value is -2.66. The number of carboxylic acid groups (broad SMARTS) is 1. The van der Waals surface area contributed by atoms with Crippen molar-refractivity contribution in [1.29, 1.82) is 0 Å². The largest absolute Gasteiger partial charge is 0.481 e. The van der Waals surface area contributed by atoms with Crippen LogP contribution in [0.3, 0.4) is 0 Å². The molecule has 5 heteroatoms. The summed E-state index contributed by atoms with van der Waals surface area (Å²) >= 11 is 0. The van der Waals surface area contributed by atoms with Crippen LogP contribution in [-0.2, 0) is 16.1 Å². The van der Waals surface area contributed by atoms with Crippen molar-refractivity contribution >= 4 is 17.6 Å². The van der Waals surface area contributed by atoms with Crippen LogP contribution in [0.5, 0.6) is 0 Å². The molecule has 1 amide bonds. The second-order valence-electron chi connectivity index (χ2n) is 5.68. The number of aliphatic carboxylic acids is 1. The topological polar surface area (TPSA) is 60.9 Å². The third-order valence-corrected chi connectivity index (χ3v) is 3.67. The number of hydrogen-bond acceptors (Lipinski definition) is 3. The highest BCUT2D eigenvalue weighted by atomic mass is 16.4. The molecule has 0 unspecified atom stereocenters. The van der Waals surface area contributed by atoms with E-state index in [1.165, 1.54) is 0 Å². The maximum absolute atomic E-state index is 12.7. The molecule has 2 rings (SSSR count). The number of carboxylic acids is 1. The fourth-order valence-electron chi connectivity index (χ4n) is 2.38. The molecule has 0 spiro atoms. The summed E-state index contributed by atoms with van der Waals surface area (Å²) in [5.41, 5.74) is 1.88. The number of likely N-dealkylation sites (N-methyl/N-ethyl adjacent to an activating group) is 1.